The standard InChI is InChI=1S/C24H23N3O4S2/c1-14(2)18-6-3-7-20-22(18)25-24(33-20)26(13-17-5-4-10-31-17)23(28)21-12-15-11-16(27(29)30)8-9-19(15)32-21/h3,6-9,11-12,14,17H,4-5,10,13H2,1-2H3. The highest BCUT2D eigenvalue weighted by Crippen LogP contribution is 2.36. The third-order valence-corrected chi connectivity index (χ3v) is 8.02. The van der Waals surface area contributed by atoms with Crippen LogP contribution in [0.2, 0.25) is 0 Å². The molecule has 7 nitrogen and oxygen atoms in total. The molecule has 0 radical (unpaired) electrons. The highest BCUT2D eigenvalue weighted by Gasteiger charge is 2.28. The molecule has 1 saturated heterocycles. The highest BCUT2D eigenvalue weighted by atomic mass is 32.1. The summed E-state index contributed by atoms with van der Waals surface area (Å²) in [6.45, 7) is 5.42. The molecular formula is C24H23N3O4S2. The Bertz CT molecular complexity index is 1350. The molecule has 0 bridgehead atoms. The number of thiophene rings is 1. The summed E-state index contributed by atoms with van der Waals surface area (Å²) in [6, 6.07) is 12.6. The molecule has 0 saturated carbocycles. The lowest BCUT2D eigenvalue weighted by molar-refractivity contribution is -0.384. The number of non-ortho nitro benzene ring substituents is 1. The molecule has 3 heterocycles. The maximum Gasteiger partial charge on any atom is 0.270 e. The number of hydrogen-bond acceptors (Lipinski definition) is 7. The Labute approximate surface area is 198 Å². The van der Waals surface area contributed by atoms with Crippen LogP contribution in [0.5, 0.6) is 0 Å². The summed E-state index contributed by atoms with van der Waals surface area (Å²) in [5, 5.41) is 12.5. The van der Waals surface area contributed by atoms with Gasteiger partial charge in [0.25, 0.3) is 11.6 Å². The SMILES string of the molecule is CC(C)c1cccc2sc(N(CC3CCCO3)C(=O)c3cc4cc([N+](=O)[O-])ccc4s3)nc12. The third kappa shape index (κ3) is 4.23. The first kappa shape index (κ1) is 21.9. The number of fused-ring (bicyclic) bond motifs is 2. The van der Waals surface area contributed by atoms with Gasteiger partial charge in [-0.05, 0) is 42.5 Å². The minimum absolute atomic E-state index is 0.0166. The number of nitrogens with zero attached hydrogens (tertiary/aromatic N) is 3. The normalized spacial score (nSPS) is 16.2. The van der Waals surface area contributed by atoms with E-state index in [2.05, 4.69) is 19.9 Å². The Hall–Kier alpha value is -2.88. The smallest absolute Gasteiger partial charge is 0.270 e. The lowest BCUT2D eigenvalue weighted by Gasteiger charge is -2.22. The Morgan fingerprint density at radius 2 is 2.09 bits per heavy atom. The molecular weight excluding hydrogens is 458 g/mol. The van der Waals surface area contributed by atoms with Crippen LogP contribution in [0.1, 0.15) is 47.8 Å². The monoisotopic (exact) mass is 481 g/mol. The lowest BCUT2D eigenvalue weighted by Crippen LogP contribution is -2.37. The van der Waals surface area contributed by atoms with E-state index < -0.39 is 4.92 Å². The van der Waals surface area contributed by atoms with E-state index in [1.54, 1.807) is 17.0 Å². The van der Waals surface area contributed by atoms with Crippen molar-refractivity contribution in [2.75, 3.05) is 18.1 Å². The van der Waals surface area contributed by atoms with E-state index in [1.807, 2.05) is 12.1 Å². The maximum atomic E-state index is 13.7. The van der Waals surface area contributed by atoms with Gasteiger partial charge in [-0.2, -0.15) is 0 Å². The fraction of sp³-hybridized carbons (Fsp3) is 0.333. The van der Waals surface area contributed by atoms with Gasteiger partial charge in [-0.3, -0.25) is 19.8 Å². The summed E-state index contributed by atoms with van der Waals surface area (Å²) < 4.78 is 7.73. The van der Waals surface area contributed by atoms with E-state index in [1.165, 1.54) is 34.8 Å². The fourth-order valence-corrected chi connectivity index (χ4v) is 6.16. The van der Waals surface area contributed by atoms with Crippen molar-refractivity contribution >= 4 is 59.7 Å². The minimum atomic E-state index is -0.421. The van der Waals surface area contributed by atoms with Gasteiger partial charge in [-0.15, -0.1) is 11.3 Å². The van der Waals surface area contributed by atoms with Crippen molar-refractivity contribution in [2.45, 2.75) is 38.7 Å². The average Bonchev–Trinajstić information content (AvgIpc) is 3.54. The Morgan fingerprint density at radius 1 is 1.24 bits per heavy atom. The molecule has 4 aromatic rings. The number of para-hydroxylation sites is 1. The van der Waals surface area contributed by atoms with Crippen LogP contribution in [-0.4, -0.2) is 35.1 Å². The lowest BCUT2D eigenvalue weighted by atomic mass is 10.0. The number of rotatable bonds is 6. The Balaban J connectivity index is 1.56. The molecule has 0 spiro atoms. The summed E-state index contributed by atoms with van der Waals surface area (Å²) in [6.07, 6.45) is 1.86. The molecule has 1 aliphatic heterocycles. The van der Waals surface area contributed by atoms with Crippen LogP contribution in [-0.2, 0) is 4.74 Å². The van der Waals surface area contributed by atoms with Crippen LogP contribution in [0.25, 0.3) is 20.3 Å². The second kappa shape index (κ2) is 8.81. The third-order valence-electron chi connectivity index (χ3n) is 5.87. The van der Waals surface area contributed by atoms with Gasteiger partial charge in [0.15, 0.2) is 5.13 Å². The maximum absolute atomic E-state index is 13.7. The molecule has 5 rings (SSSR count). The molecule has 1 amide bonds. The topological polar surface area (TPSA) is 85.6 Å². The van der Waals surface area contributed by atoms with Gasteiger partial charge in [0, 0.05) is 28.8 Å². The number of anilines is 1. The molecule has 33 heavy (non-hydrogen) atoms. The fourth-order valence-electron chi connectivity index (χ4n) is 4.16. The Kier molecular flexibility index (Phi) is 5.86. The summed E-state index contributed by atoms with van der Waals surface area (Å²) in [5.41, 5.74) is 2.11. The number of nitro groups is 1. The number of benzene rings is 2. The molecule has 2 aromatic carbocycles. The molecule has 170 valence electrons. The minimum Gasteiger partial charge on any atom is -0.376 e. The van der Waals surface area contributed by atoms with E-state index in [0.29, 0.717) is 34.5 Å². The number of thiazole rings is 1. The average molecular weight is 482 g/mol. The first-order chi connectivity index (χ1) is 15.9. The number of hydrogen-bond donors (Lipinski definition) is 0. The molecule has 1 aliphatic rings. The summed E-state index contributed by atoms with van der Waals surface area (Å²) in [5.74, 6) is 0.170. The summed E-state index contributed by atoms with van der Waals surface area (Å²) in [7, 11) is 0. The number of carbonyl (C=O) groups excluding carboxylic acids is 1. The number of amides is 1. The zero-order valence-electron chi connectivity index (χ0n) is 18.3. The van der Waals surface area contributed by atoms with Crippen LogP contribution < -0.4 is 4.90 Å². The first-order valence-corrected chi connectivity index (χ1v) is 12.5. The molecule has 2 aromatic heterocycles. The van der Waals surface area contributed by atoms with Crippen molar-refractivity contribution in [3.8, 4) is 0 Å². The first-order valence-electron chi connectivity index (χ1n) is 10.9. The van der Waals surface area contributed by atoms with Gasteiger partial charge in [-0.1, -0.05) is 37.3 Å². The van der Waals surface area contributed by atoms with Crippen LogP contribution in [0.15, 0.2) is 42.5 Å². The second-order valence-electron chi connectivity index (χ2n) is 8.49. The van der Waals surface area contributed by atoms with Gasteiger partial charge >= 0.3 is 0 Å². The van der Waals surface area contributed by atoms with Crippen molar-refractivity contribution < 1.29 is 14.5 Å². The van der Waals surface area contributed by atoms with Gasteiger partial charge in [0.2, 0.25) is 0 Å². The van der Waals surface area contributed by atoms with Gasteiger partial charge in [0.1, 0.15) is 0 Å². The van der Waals surface area contributed by atoms with Crippen molar-refractivity contribution in [1.82, 2.24) is 4.98 Å². The van der Waals surface area contributed by atoms with E-state index in [0.717, 1.165) is 33.3 Å². The second-order valence-corrected chi connectivity index (χ2v) is 10.6. The summed E-state index contributed by atoms with van der Waals surface area (Å²) in [4.78, 5) is 31.6. The number of carbonyl (C=O) groups is 1. The van der Waals surface area contributed by atoms with Crippen molar-refractivity contribution in [3.05, 3.63) is 63.0 Å². The summed E-state index contributed by atoms with van der Waals surface area (Å²) >= 11 is 2.85. The van der Waals surface area contributed by atoms with Crippen LogP contribution in [0.3, 0.4) is 0 Å². The molecule has 0 aliphatic carbocycles. The van der Waals surface area contributed by atoms with Crippen LogP contribution >= 0.6 is 22.7 Å². The molecule has 0 N–H and O–H groups in total. The van der Waals surface area contributed by atoms with Crippen LogP contribution in [0.4, 0.5) is 10.8 Å². The largest absolute Gasteiger partial charge is 0.376 e. The zero-order chi connectivity index (χ0) is 23.1. The van der Waals surface area contributed by atoms with Gasteiger partial charge in [0.05, 0.1) is 32.7 Å². The zero-order valence-corrected chi connectivity index (χ0v) is 19.9. The molecule has 1 unspecified atom stereocenters. The van der Waals surface area contributed by atoms with Crippen molar-refractivity contribution in [1.29, 1.82) is 0 Å². The van der Waals surface area contributed by atoms with E-state index in [4.69, 9.17) is 9.72 Å². The van der Waals surface area contributed by atoms with E-state index in [-0.39, 0.29) is 17.7 Å². The number of ether oxygens (including phenoxy) is 1. The predicted molar refractivity (Wildman–Crippen MR) is 133 cm³/mol. The van der Waals surface area contributed by atoms with Crippen LogP contribution in [0, 0.1) is 10.1 Å². The van der Waals surface area contributed by atoms with E-state index in [9.17, 15) is 14.9 Å². The Morgan fingerprint density at radius 3 is 2.82 bits per heavy atom. The number of nitro benzene ring substituents is 1. The van der Waals surface area contributed by atoms with Crippen molar-refractivity contribution in [3.63, 3.8) is 0 Å². The molecule has 9 heteroatoms. The van der Waals surface area contributed by atoms with E-state index >= 15 is 0 Å². The quantitative estimate of drug-likeness (QED) is 0.236. The predicted octanol–water partition coefficient (Wildman–Crippen LogP) is 6.37. The van der Waals surface area contributed by atoms with Gasteiger partial charge < -0.3 is 4.74 Å². The molecule has 1 fully saturated rings. The van der Waals surface area contributed by atoms with Crippen molar-refractivity contribution in [2.24, 2.45) is 0 Å². The highest BCUT2D eigenvalue weighted by molar-refractivity contribution is 7.23. The molecule has 1 atom stereocenters. The number of aromatic nitrogens is 1. The van der Waals surface area contributed by atoms with Gasteiger partial charge in [-0.25, -0.2) is 4.98 Å².